The van der Waals surface area contributed by atoms with Gasteiger partial charge in [-0.3, -0.25) is 0 Å². The second-order valence-corrected chi connectivity index (χ2v) is 7.93. The molecule has 0 aliphatic heterocycles. The Labute approximate surface area is 127 Å². The van der Waals surface area contributed by atoms with Gasteiger partial charge in [0.1, 0.15) is 16.4 Å². The van der Waals surface area contributed by atoms with E-state index in [1.807, 2.05) is 0 Å². The molecule has 0 radical (unpaired) electrons. The molecule has 0 bridgehead atoms. The Bertz CT molecular complexity index is 580. The van der Waals surface area contributed by atoms with Gasteiger partial charge >= 0.3 is 0 Å². The lowest BCUT2D eigenvalue weighted by Crippen LogP contribution is -2.39. The lowest BCUT2D eigenvalue weighted by molar-refractivity contribution is 0.242. The fourth-order valence-electron chi connectivity index (χ4n) is 2.99. The third-order valence-electron chi connectivity index (χ3n) is 4.48. The van der Waals surface area contributed by atoms with E-state index in [1.165, 1.54) is 0 Å². The van der Waals surface area contributed by atoms with Crippen LogP contribution < -0.4 is 10.0 Å². The molecule has 6 heteroatoms. The first-order chi connectivity index (χ1) is 9.83. The molecule has 0 spiro atoms. The minimum absolute atomic E-state index is 0.0308. The summed E-state index contributed by atoms with van der Waals surface area (Å²) < 4.78 is 33.4. The van der Waals surface area contributed by atoms with Crippen LogP contribution in [0.5, 0.6) is 0 Å². The maximum absolute atomic E-state index is 12.5. The van der Waals surface area contributed by atoms with Crippen molar-refractivity contribution in [3.63, 3.8) is 0 Å². The zero-order valence-electron chi connectivity index (χ0n) is 13.3. The van der Waals surface area contributed by atoms with E-state index in [0.29, 0.717) is 29.9 Å². The second kappa shape index (κ2) is 6.50. The molecule has 1 aromatic heterocycles. The van der Waals surface area contributed by atoms with Gasteiger partial charge in [0.15, 0.2) is 0 Å². The van der Waals surface area contributed by atoms with Gasteiger partial charge in [0.05, 0.1) is 6.54 Å². The number of hydrogen-bond acceptors (Lipinski definition) is 4. The molecule has 3 unspecified atom stereocenters. The van der Waals surface area contributed by atoms with Crippen molar-refractivity contribution < 1.29 is 12.8 Å². The van der Waals surface area contributed by atoms with Crippen molar-refractivity contribution >= 4 is 10.0 Å². The van der Waals surface area contributed by atoms with Gasteiger partial charge in [0.25, 0.3) is 0 Å². The van der Waals surface area contributed by atoms with Crippen molar-refractivity contribution in [1.82, 2.24) is 10.0 Å². The first-order valence-electron chi connectivity index (χ1n) is 7.59. The van der Waals surface area contributed by atoms with E-state index < -0.39 is 10.0 Å². The topological polar surface area (TPSA) is 71.3 Å². The van der Waals surface area contributed by atoms with Crippen molar-refractivity contribution in [2.45, 2.75) is 57.5 Å². The number of nitrogens with one attached hydrogen (secondary N) is 2. The standard InChI is InChI=1S/C15H26N2O3S/c1-10-5-6-13(7-11(10)2)17-21(18,19)15-8-14(9-16-4)20-12(15)3/h8,10-11,13,16-17H,5-7,9H2,1-4H3. The van der Waals surface area contributed by atoms with Gasteiger partial charge in [-0.25, -0.2) is 13.1 Å². The smallest absolute Gasteiger partial charge is 0.244 e. The fraction of sp³-hybridized carbons (Fsp3) is 0.733. The summed E-state index contributed by atoms with van der Waals surface area (Å²) in [5, 5.41) is 2.96. The highest BCUT2D eigenvalue weighted by atomic mass is 32.2. The van der Waals surface area contributed by atoms with Crippen LogP contribution in [0.4, 0.5) is 0 Å². The molecule has 1 aliphatic carbocycles. The quantitative estimate of drug-likeness (QED) is 0.875. The normalized spacial score (nSPS) is 27.0. The summed E-state index contributed by atoms with van der Waals surface area (Å²) >= 11 is 0. The SMILES string of the molecule is CNCc1cc(S(=O)(=O)NC2CCC(C)C(C)C2)c(C)o1. The summed E-state index contributed by atoms with van der Waals surface area (Å²) in [4.78, 5) is 0.263. The Morgan fingerprint density at radius 2 is 2.00 bits per heavy atom. The van der Waals surface area contributed by atoms with E-state index in [2.05, 4.69) is 23.9 Å². The van der Waals surface area contributed by atoms with Gasteiger partial charge in [-0.1, -0.05) is 13.8 Å². The van der Waals surface area contributed by atoms with Crippen molar-refractivity contribution in [3.8, 4) is 0 Å². The lowest BCUT2D eigenvalue weighted by atomic mass is 9.79. The molecule has 0 amide bonds. The van der Waals surface area contributed by atoms with E-state index in [4.69, 9.17) is 4.42 Å². The lowest BCUT2D eigenvalue weighted by Gasteiger charge is -2.32. The van der Waals surface area contributed by atoms with E-state index in [0.717, 1.165) is 19.3 Å². The van der Waals surface area contributed by atoms with Crippen LogP contribution in [0.3, 0.4) is 0 Å². The zero-order valence-corrected chi connectivity index (χ0v) is 14.1. The number of sulfonamides is 1. The number of rotatable bonds is 5. The third kappa shape index (κ3) is 3.87. The van der Waals surface area contributed by atoms with Gasteiger partial charge in [-0.15, -0.1) is 0 Å². The van der Waals surface area contributed by atoms with Crippen molar-refractivity contribution in [3.05, 3.63) is 17.6 Å². The molecule has 0 aromatic carbocycles. The van der Waals surface area contributed by atoms with Crippen molar-refractivity contribution in [2.24, 2.45) is 11.8 Å². The van der Waals surface area contributed by atoms with Crippen LogP contribution in [0.25, 0.3) is 0 Å². The van der Waals surface area contributed by atoms with Gasteiger partial charge in [-0.05, 0) is 45.1 Å². The van der Waals surface area contributed by atoms with Gasteiger partial charge in [0.2, 0.25) is 10.0 Å². The predicted molar refractivity (Wildman–Crippen MR) is 82.5 cm³/mol. The summed E-state index contributed by atoms with van der Waals surface area (Å²) in [5.74, 6) is 2.31. The Kier molecular flexibility index (Phi) is 5.11. The van der Waals surface area contributed by atoms with Crippen molar-refractivity contribution in [2.75, 3.05) is 7.05 Å². The number of furan rings is 1. The Morgan fingerprint density at radius 3 is 2.62 bits per heavy atom. The maximum atomic E-state index is 12.5. The third-order valence-corrected chi connectivity index (χ3v) is 6.11. The molecule has 1 aliphatic rings. The number of hydrogen-bond donors (Lipinski definition) is 2. The van der Waals surface area contributed by atoms with E-state index in [-0.39, 0.29) is 10.9 Å². The Hall–Kier alpha value is -0.850. The molecular formula is C15H26N2O3S. The highest BCUT2D eigenvalue weighted by molar-refractivity contribution is 7.89. The summed E-state index contributed by atoms with van der Waals surface area (Å²) in [6.45, 7) is 6.65. The minimum Gasteiger partial charge on any atom is -0.464 e. The van der Waals surface area contributed by atoms with Crippen LogP contribution in [0.15, 0.2) is 15.4 Å². The van der Waals surface area contributed by atoms with Gasteiger partial charge in [0, 0.05) is 12.1 Å². The Balaban J connectivity index is 2.11. The molecule has 21 heavy (non-hydrogen) atoms. The number of aryl methyl sites for hydroxylation is 1. The van der Waals surface area contributed by atoms with Crippen LogP contribution >= 0.6 is 0 Å². The molecule has 0 saturated heterocycles. The van der Waals surface area contributed by atoms with E-state index >= 15 is 0 Å². The second-order valence-electron chi connectivity index (χ2n) is 6.25. The minimum atomic E-state index is -3.50. The van der Waals surface area contributed by atoms with Crippen molar-refractivity contribution in [1.29, 1.82) is 0 Å². The van der Waals surface area contributed by atoms with E-state index in [1.54, 1.807) is 20.0 Å². The largest absolute Gasteiger partial charge is 0.464 e. The first-order valence-corrected chi connectivity index (χ1v) is 9.08. The molecule has 1 saturated carbocycles. The zero-order chi connectivity index (χ0) is 15.6. The molecule has 5 nitrogen and oxygen atoms in total. The average molecular weight is 314 g/mol. The average Bonchev–Trinajstić information content (AvgIpc) is 2.76. The molecule has 1 heterocycles. The van der Waals surface area contributed by atoms with Gasteiger partial charge < -0.3 is 9.73 Å². The van der Waals surface area contributed by atoms with Crippen LogP contribution in [0.1, 0.15) is 44.6 Å². The van der Waals surface area contributed by atoms with Crippen LogP contribution in [0, 0.1) is 18.8 Å². The predicted octanol–water partition coefficient (Wildman–Crippen LogP) is 2.41. The Morgan fingerprint density at radius 1 is 1.29 bits per heavy atom. The summed E-state index contributed by atoms with van der Waals surface area (Å²) in [5.41, 5.74) is 0. The highest BCUT2D eigenvalue weighted by Crippen LogP contribution is 2.30. The highest BCUT2D eigenvalue weighted by Gasteiger charge is 2.29. The summed E-state index contributed by atoms with van der Waals surface area (Å²) in [6.07, 6.45) is 2.88. The summed E-state index contributed by atoms with van der Waals surface area (Å²) in [6, 6.07) is 1.64. The fourth-order valence-corrected chi connectivity index (χ4v) is 4.48. The van der Waals surface area contributed by atoms with Crippen LogP contribution in [-0.2, 0) is 16.6 Å². The monoisotopic (exact) mass is 314 g/mol. The summed E-state index contributed by atoms with van der Waals surface area (Å²) in [7, 11) is -1.70. The first kappa shape index (κ1) is 16.5. The molecule has 120 valence electrons. The van der Waals surface area contributed by atoms with E-state index in [9.17, 15) is 8.42 Å². The van der Waals surface area contributed by atoms with Crippen LogP contribution in [0.2, 0.25) is 0 Å². The maximum Gasteiger partial charge on any atom is 0.244 e. The molecule has 2 N–H and O–H groups in total. The molecular weight excluding hydrogens is 288 g/mol. The molecule has 2 rings (SSSR count). The molecule has 1 aromatic rings. The molecule has 3 atom stereocenters. The van der Waals surface area contributed by atoms with Gasteiger partial charge in [-0.2, -0.15) is 0 Å². The molecule has 1 fully saturated rings. The van der Waals surface area contributed by atoms with Crippen LogP contribution in [-0.4, -0.2) is 21.5 Å².